The van der Waals surface area contributed by atoms with E-state index in [9.17, 15) is 13.2 Å². The summed E-state index contributed by atoms with van der Waals surface area (Å²) in [4.78, 5) is 15.0. The lowest BCUT2D eigenvalue weighted by Gasteiger charge is -2.31. The number of morpholine rings is 1. The number of sulfone groups is 1. The predicted octanol–water partition coefficient (Wildman–Crippen LogP) is -1.11. The van der Waals surface area contributed by atoms with Crippen LogP contribution in [0.5, 0.6) is 0 Å². The minimum atomic E-state index is -2.99. The summed E-state index contributed by atoms with van der Waals surface area (Å²) in [6.45, 7) is 4.37. The van der Waals surface area contributed by atoms with Gasteiger partial charge in [0.2, 0.25) is 0 Å². The summed E-state index contributed by atoms with van der Waals surface area (Å²) in [5.41, 5.74) is 0. The van der Waals surface area contributed by atoms with E-state index in [0.717, 1.165) is 19.6 Å². The molecule has 2 fully saturated rings. The fraction of sp³-hybridized carbons (Fsp3) is 0.917. The summed E-state index contributed by atoms with van der Waals surface area (Å²) in [7, 11) is -2.99. The Bertz CT molecular complexity index is 433. The van der Waals surface area contributed by atoms with Crippen LogP contribution in [-0.4, -0.2) is 92.8 Å². The molecule has 0 aromatic carbocycles. The van der Waals surface area contributed by atoms with Crippen molar-refractivity contribution in [2.75, 3.05) is 57.4 Å². The standard InChI is InChI=1S/C12H22N2O5S/c15-12(16)9-14(11-1-8-20(17,18)10-11)3-2-13-4-6-19-7-5-13/h11H,1-10H2,(H,15,16). The first-order chi connectivity index (χ1) is 9.46. The zero-order chi connectivity index (χ0) is 14.6. The maximum atomic E-state index is 11.5. The summed E-state index contributed by atoms with van der Waals surface area (Å²) in [5.74, 6) is -0.648. The second kappa shape index (κ2) is 6.84. The highest BCUT2D eigenvalue weighted by molar-refractivity contribution is 7.91. The average molecular weight is 306 g/mol. The van der Waals surface area contributed by atoms with E-state index in [2.05, 4.69) is 4.90 Å². The van der Waals surface area contributed by atoms with Crippen LogP contribution in [0.3, 0.4) is 0 Å². The molecule has 0 spiro atoms. The quantitative estimate of drug-likeness (QED) is 0.666. The van der Waals surface area contributed by atoms with E-state index in [1.807, 2.05) is 0 Å². The van der Waals surface area contributed by atoms with Gasteiger partial charge in [-0.2, -0.15) is 0 Å². The van der Waals surface area contributed by atoms with E-state index in [-0.39, 0.29) is 24.1 Å². The highest BCUT2D eigenvalue weighted by Crippen LogP contribution is 2.17. The summed E-state index contributed by atoms with van der Waals surface area (Å²) in [6, 6.07) is -0.155. The van der Waals surface area contributed by atoms with Crippen molar-refractivity contribution in [2.45, 2.75) is 12.5 Å². The van der Waals surface area contributed by atoms with Gasteiger partial charge in [0.1, 0.15) is 0 Å². The molecule has 2 aliphatic rings. The predicted molar refractivity (Wildman–Crippen MR) is 73.5 cm³/mol. The zero-order valence-corrected chi connectivity index (χ0v) is 12.3. The summed E-state index contributed by atoms with van der Waals surface area (Å²) >= 11 is 0. The van der Waals surface area contributed by atoms with Crippen molar-refractivity contribution in [3.05, 3.63) is 0 Å². The van der Waals surface area contributed by atoms with Crippen molar-refractivity contribution in [2.24, 2.45) is 0 Å². The molecule has 0 aliphatic carbocycles. The van der Waals surface area contributed by atoms with Gasteiger partial charge < -0.3 is 9.84 Å². The van der Waals surface area contributed by atoms with Gasteiger partial charge >= 0.3 is 5.97 Å². The number of carboxylic acid groups (broad SMARTS) is 1. The highest BCUT2D eigenvalue weighted by atomic mass is 32.2. The van der Waals surface area contributed by atoms with Gasteiger partial charge in [0.25, 0.3) is 0 Å². The molecule has 0 aromatic heterocycles. The molecule has 8 heteroatoms. The van der Waals surface area contributed by atoms with E-state index in [1.54, 1.807) is 4.90 Å². The lowest BCUT2D eigenvalue weighted by Crippen LogP contribution is -2.46. The Hall–Kier alpha value is -0.700. The molecule has 2 heterocycles. The number of hydrogen-bond acceptors (Lipinski definition) is 6. The molecule has 116 valence electrons. The topological polar surface area (TPSA) is 87.2 Å². The largest absolute Gasteiger partial charge is 0.480 e. The third-order valence-electron chi connectivity index (χ3n) is 3.87. The molecule has 1 unspecified atom stereocenters. The first-order valence-corrected chi connectivity index (χ1v) is 8.75. The molecule has 20 heavy (non-hydrogen) atoms. The van der Waals surface area contributed by atoms with Crippen LogP contribution >= 0.6 is 0 Å². The number of carboxylic acids is 1. The molecule has 2 rings (SSSR count). The van der Waals surface area contributed by atoms with Crippen LogP contribution in [0.4, 0.5) is 0 Å². The van der Waals surface area contributed by atoms with Gasteiger partial charge in [0.05, 0.1) is 31.3 Å². The number of carbonyl (C=O) groups is 1. The Kier molecular flexibility index (Phi) is 5.36. The molecule has 1 N–H and O–H groups in total. The van der Waals surface area contributed by atoms with Gasteiger partial charge in [0, 0.05) is 32.2 Å². The van der Waals surface area contributed by atoms with Crippen LogP contribution in [0.2, 0.25) is 0 Å². The number of rotatable bonds is 6. The first kappa shape index (κ1) is 15.7. The van der Waals surface area contributed by atoms with Gasteiger partial charge in [-0.25, -0.2) is 8.42 Å². The van der Waals surface area contributed by atoms with Crippen molar-refractivity contribution in [1.29, 1.82) is 0 Å². The number of aliphatic carboxylic acids is 1. The van der Waals surface area contributed by atoms with Crippen LogP contribution in [-0.2, 0) is 19.4 Å². The number of hydrogen-bond donors (Lipinski definition) is 1. The second-order valence-electron chi connectivity index (χ2n) is 5.38. The van der Waals surface area contributed by atoms with Crippen molar-refractivity contribution in [3.63, 3.8) is 0 Å². The van der Waals surface area contributed by atoms with E-state index >= 15 is 0 Å². The van der Waals surface area contributed by atoms with Crippen molar-refractivity contribution in [1.82, 2.24) is 9.80 Å². The van der Waals surface area contributed by atoms with Gasteiger partial charge in [-0.1, -0.05) is 0 Å². The van der Waals surface area contributed by atoms with Crippen LogP contribution in [0, 0.1) is 0 Å². The van der Waals surface area contributed by atoms with Gasteiger partial charge in [0.15, 0.2) is 9.84 Å². The summed E-state index contributed by atoms with van der Waals surface area (Å²) in [6.07, 6.45) is 0.540. The fourth-order valence-corrected chi connectivity index (χ4v) is 4.48. The van der Waals surface area contributed by atoms with Gasteiger partial charge in [-0.05, 0) is 6.42 Å². The minimum Gasteiger partial charge on any atom is -0.480 e. The molecule has 2 aliphatic heterocycles. The van der Waals surface area contributed by atoms with Crippen LogP contribution in [0.15, 0.2) is 0 Å². The molecule has 2 saturated heterocycles. The van der Waals surface area contributed by atoms with E-state index < -0.39 is 15.8 Å². The van der Waals surface area contributed by atoms with E-state index in [4.69, 9.17) is 9.84 Å². The zero-order valence-electron chi connectivity index (χ0n) is 11.5. The normalized spacial score (nSPS) is 26.9. The molecule has 0 bridgehead atoms. The maximum absolute atomic E-state index is 11.5. The molecule has 1 atom stereocenters. The molecule has 0 amide bonds. The summed E-state index contributed by atoms with van der Waals surface area (Å²) in [5, 5.41) is 8.99. The monoisotopic (exact) mass is 306 g/mol. The second-order valence-corrected chi connectivity index (χ2v) is 7.60. The lowest BCUT2D eigenvalue weighted by atomic mass is 10.2. The van der Waals surface area contributed by atoms with Crippen LogP contribution < -0.4 is 0 Å². The molecule has 0 aromatic rings. The number of ether oxygens (including phenoxy) is 1. The molecule has 7 nitrogen and oxygen atoms in total. The molecular weight excluding hydrogens is 284 g/mol. The SMILES string of the molecule is O=C(O)CN(CCN1CCOCC1)C1CCS(=O)(=O)C1. The Morgan fingerprint density at radius 2 is 2.05 bits per heavy atom. The highest BCUT2D eigenvalue weighted by Gasteiger charge is 2.33. The third-order valence-corrected chi connectivity index (χ3v) is 5.62. The fourth-order valence-electron chi connectivity index (χ4n) is 2.72. The molecular formula is C12H22N2O5S. The van der Waals surface area contributed by atoms with Crippen LogP contribution in [0.1, 0.15) is 6.42 Å². The van der Waals surface area contributed by atoms with Gasteiger partial charge in [-0.15, -0.1) is 0 Å². The molecule has 0 radical (unpaired) electrons. The van der Waals surface area contributed by atoms with Crippen molar-refractivity contribution < 1.29 is 23.1 Å². The van der Waals surface area contributed by atoms with Crippen molar-refractivity contribution >= 4 is 15.8 Å². The van der Waals surface area contributed by atoms with E-state index in [1.165, 1.54) is 0 Å². The maximum Gasteiger partial charge on any atom is 0.317 e. The van der Waals surface area contributed by atoms with Gasteiger partial charge in [-0.3, -0.25) is 14.6 Å². The lowest BCUT2D eigenvalue weighted by molar-refractivity contribution is -0.138. The summed E-state index contributed by atoms with van der Waals surface area (Å²) < 4.78 is 28.3. The smallest absolute Gasteiger partial charge is 0.317 e. The third kappa shape index (κ3) is 4.69. The van der Waals surface area contributed by atoms with Crippen LogP contribution in [0.25, 0.3) is 0 Å². The average Bonchev–Trinajstić information content (AvgIpc) is 2.76. The Labute approximate surface area is 119 Å². The number of nitrogens with zero attached hydrogens (tertiary/aromatic N) is 2. The Morgan fingerprint density at radius 3 is 2.60 bits per heavy atom. The molecule has 0 saturated carbocycles. The first-order valence-electron chi connectivity index (χ1n) is 6.93. The minimum absolute atomic E-state index is 0.0867. The Morgan fingerprint density at radius 1 is 1.35 bits per heavy atom. The van der Waals surface area contributed by atoms with E-state index in [0.29, 0.717) is 26.2 Å². The van der Waals surface area contributed by atoms with Crippen molar-refractivity contribution in [3.8, 4) is 0 Å². The Balaban J connectivity index is 1.88.